The van der Waals surface area contributed by atoms with Crippen LogP contribution in [0.25, 0.3) is 28.1 Å². The summed E-state index contributed by atoms with van der Waals surface area (Å²) < 4.78 is 2.18. The standard InChI is InChI=1S/C25H19N3O2/c1-17-13-21(14-22(16-26)20-9-5-10-23(15-20)28(29)30)18(2)27(17)25-12-6-8-19-7-3-4-11-24(19)25/h3-15H,1-2H3. The summed E-state index contributed by atoms with van der Waals surface area (Å²) in [6.07, 6.45) is 1.79. The van der Waals surface area contributed by atoms with Gasteiger partial charge >= 0.3 is 0 Å². The zero-order valence-corrected chi connectivity index (χ0v) is 16.7. The van der Waals surface area contributed by atoms with E-state index in [0.717, 1.165) is 33.4 Å². The van der Waals surface area contributed by atoms with Crippen molar-refractivity contribution in [1.82, 2.24) is 4.57 Å². The third kappa shape index (κ3) is 3.36. The highest BCUT2D eigenvalue weighted by Gasteiger charge is 2.14. The molecule has 3 aromatic carbocycles. The Bertz CT molecular complexity index is 1350. The predicted molar refractivity (Wildman–Crippen MR) is 119 cm³/mol. The molecule has 0 bridgehead atoms. The first-order valence-corrected chi connectivity index (χ1v) is 9.53. The summed E-state index contributed by atoms with van der Waals surface area (Å²) in [5.74, 6) is 0. The molecule has 0 atom stereocenters. The van der Waals surface area contributed by atoms with E-state index in [9.17, 15) is 15.4 Å². The Hall–Kier alpha value is -4.17. The molecule has 146 valence electrons. The van der Waals surface area contributed by atoms with Gasteiger partial charge in [-0.3, -0.25) is 10.1 Å². The minimum atomic E-state index is -0.453. The number of aryl methyl sites for hydroxylation is 1. The molecule has 5 heteroatoms. The number of benzene rings is 3. The number of non-ortho nitro benzene ring substituents is 1. The quantitative estimate of drug-likeness (QED) is 0.235. The fourth-order valence-corrected chi connectivity index (χ4v) is 3.83. The number of allylic oxidation sites excluding steroid dienone is 1. The third-order valence-electron chi connectivity index (χ3n) is 5.27. The maximum atomic E-state index is 11.1. The highest BCUT2D eigenvalue weighted by Crippen LogP contribution is 2.30. The summed E-state index contributed by atoms with van der Waals surface area (Å²) >= 11 is 0. The van der Waals surface area contributed by atoms with Gasteiger partial charge in [0.1, 0.15) is 0 Å². The second kappa shape index (κ2) is 7.69. The van der Waals surface area contributed by atoms with Gasteiger partial charge in [-0.2, -0.15) is 5.26 Å². The van der Waals surface area contributed by atoms with Crippen molar-refractivity contribution in [2.75, 3.05) is 0 Å². The lowest BCUT2D eigenvalue weighted by molar-refractivity contribution is -0.384. The van der Waals surface area contributed by atoms with Crippen molar-refractivity contribution in [2.45, 2.75) is 13.8 Å². The molecule has 0 spiro atoms. The zero-order valence-electron chi connectivity index (χ0n) is 16.7. The molecule has 1 heterocycles. The number of hydrogen-bond acceptors (Lipinski definition) is 3. The SMILES string of the molecule is Cc1cc(C=C(C#N)c2cccc([N+](=O)[O-])c2)c(C)n1-c1cccc2ccccc12. The van der Waals surface area contributed by atoms with Gasteiger partial charge in [-0.15, -0.1) is 0 Å². The second-order valence-corrected chi connectivity index (χ2v) is 7.14. The van der Waals surface area contributed by atoms with Crippen LogP contribution < -0.4 is 0 Å². The van der Waals surface area contributed by atoms with Crippen molar-refractivity contribution < 1.29 is 4.92 Å². The molecule has 4 rings (SSSR count). The van der Waals surface area contributed by atoms with Crippen LogP contribution in [0.1, 0.15) is 22.5 Å². The molecule has 30 heavy (non-hydrogen) atoms. The summed E-state index contributed by atoms with van der Waals surface area (Å²) in [6.45, 7) is 4.05. The average Bonchev–Trinajstić information content (AvgIpc) is 3.04. The molecule has 4 aromatic rings. The van der Waals surface area contributed by atoms with Crippen LogP contribution in [0, 0.1) is 35.3 Å². The molecule has 0 amide bonds. The van der Waals surface area contributed by atoms with Gasteiger partial charge in [-0.25, -0.2) is 0 Å². The monoisotopic (exact) mass is 393 g/mol. The van der Waals surface area contributed by atoms with Crippen molar-refractivity contribution in [2.24, 2.45) is 0 Å². The average molecular weight is 393 g/mol. The lowest BCUT2D eigenvalue weighted by atomic mass is 10.0. The third-order valence-corrected chi connectivity index (χ3v) is 5.27. The van der Waals surface area contributed by atoms with Gasteiger partial charge in [-0.05, 0) is 48.6 Å². The molecule has 0 radical (unpaired) electrons. The highest BCUT2D eigenvalue weighted by molar-refractivity contribution is 5.92. The van der Waals surface area contributed by atoms with Crippen LogP contribution in [0.3, 0.4) is 0 Å². The largest absolute Gasteiger partial charge is 0.317 e. The van der Waals surface area contributed by atoms with E-state index in [0.29, 0.717) is 11.1 Å². The minimum Gasteiger partial charge on any atom is -0.317 e. The number of rotatable bonds is 4. The number of nitro groups is 1. The molecule has 0 aliphatic heterocycles. The van der Waals surface area contributed by atoms with E-state index in [2.05, 4.69) is 34.9 Å². The molecule has 0 N–H and O–H groups in total. The molecule has 1 aromatic heterocycles. The Morgan fingerprint density at radius 2 is 1.77 bits per heavy atom. The highest BCUT2D eigenvalue weighted by atomic mass is 16.6. The molecule has 0 aliphatic carbocycles. The Kier molecular flexibility index (Phi) is 4.91. The molecule has 0 unspecified atom stereocenters. The molecule has 5 nitrogen and oxygen atoms in total. The first-order valence-electron chi connectivity index (χ1n) is 9.53. The van der Waals surface area contributed by atoms with Crippen molar-refractivity contribution in [3.63, 3.8) is 0 Å². The van der Waals surface area contributed by atoms with Gasteiger partial charge in [0.25, 0.3) is 5.69 Å². The molecule has 0 aliphatic rings. The van der Waals surface area contributed by atoms with E-state index in [1.54, 1.807) is 18.2 Å². The van der Waals surface area contributed by atoms with Crippen LogP contribution in [0.5, 0.6) is 0 Å². The summed E-state index contributed by atoms with van der Waals surface area (Å²) in [7, 11) is 0. The number of nitro benzene ring substituents is 1. The van der Waals surface area contributed by atoms with E-state index >= 15 is 0 Å². The normalized spacial score (nSPS) is 11.4. The van der Waals surface area contributed by atoms with Gasteiger partial charge in [0, 0.05) is 28.9 Å². The number of nitrogens with zero attached hydrogens (tertiary/aromatic N) is 3. The van der Waals surface area contributed by atoms with Gasteiger partial charge in [0.2, 0.25) is 0 Å². The maximum absolute atomic E-state index is 11.1. The van der Waals surface area contributed by atoms with Gasteiger partial charge in [0.05, 0.1) is 22.3 Å². The smallest absolute Gasteiger partial charge is 0.270 e. The topological polar surface area (TPSA) is 71.9 Å². The fraction of sp³-hybridized carbons (Fsp3) is 0.0800. The Morgan fingerprint density at radius 3 is 2.53 bits per heavy atom. The molecular weight excluding hydrogens is 374 g/mol. The molecular formula is C25H19N3O2. The number of hydrogen-bond donors (Lipinski definition) is 0. The number of fused-ring (bicyclic) bond motifs is 1. The van der Waals surface area contributed by atoms with Crippen LogP contribution in [-0.4, -0.2) is 9.49 Å². The van der Waals surface area contributed by atoms with Crippen molar-refractivity contribution in [1.29, 1.82) is 5.26 Å². The lowest BCUT2D eigenvalue weighted by Crippen LogP contribution is -2.00. The Labute approximate surface area is 174 Å². The Balaban J connectivity index is 1.85. The number of aromatic nitrogens is 1. The first kappa shape index (κ1) is 19.2. The van der Waals surface area contributed by atoms with Crippen LogP contribution in [0.15, 0.2) is 72.8 Å². The van der Waals surface area contributed by atoms with Crippen LogP contribution >= 0.6 is 0 Å². The first-order chi connectivity index (χ1) is 14.5. The summed E-state index contributed by atoms with van der Waals surface area (Å²) in [6, 6.07) is 24.8. The van der Waals surface area contributed by atoms with Gasteiger partial charge < -0.3 is 4.57 Å². The lowest BCUT2D eigenvalue weighted by Gasteiger charge is -2.13. The van der Waals surface area contributed by atoms with E-state index in [1.165, 1.54) is 12.1 Å². The van der Waals surface area contributed by atoms with E-state index in [1.807, 2.05) is 38.1 Å². The fourth-order valence-electron chi connectivity index (χ4n) is 3.83. The van der Waals surface area contributed by atoms with Crippen molar-refractivity contribution in [3.05, 3.63) is 105 Å². The summed E-state index contributed by atoms with van der Waals surface area (Å²) in [4.78, 5) is 10.6. The zero-order chi connectivity index (χ0) is 21.3. The Morgan fingerprint density at radius 1 is 1.03 bits per heavy atom. The van der Waals surface area contributed by atoms with Crippen molar-refractivity contribution >= 4 is 28.1 Å². The second-order valence-electron chi connectivity index (χ2n) is 7.14. The van der Waals surface area contributed by atoms with Gasteiger partial charge in [0.15, 0.2) is 0 Å². The number of nitriles is 1. The van der Waals surface area contributed by atoms with E-state index in [4.69, 9.17) is 0 Å². The summed E-state index contributed by atoms with van der Waals surface area (Å²) in [5.41, 5.74) is 4.92. The van der Waals surface area contributed by atoms with Crippen LogP contribution in [0.2, 0.25) is 0 Å². The van der Waals surface area contributed by atoms with Crippen molar-refractivity contribution in [3.8, 4) is 11.8 Å². The predicted octanol–water partition coefficient (Wildman–Crippen LogP) is 6.22. The molecule has 0 saturated heterocycles. The van der Waals surface area contributed by atoms with Crippen LogP contribution in [-0.2, 0) is 0 Å². The van der Waals surface area contributed by atoms with Crippen LogP contribution in [0.4, 0.5) is 5.69 Å². The molecule has 0 fully saturated rings. The minimum absolute atomic E-state index is 0.0325. The summed E-state index contributed by atoms with van der Waals surface area (Å²) in [5, 5.41) is 23.1. The van der Waals surface area contributed by atoms with Gasteiger partial charge in [-0.1, -0.05) is 48.5 Å². The molecule has 0 saturated carbocycles. The van der Waals surface area contributed by atoms with E-state index in [-0.39, 0.29) is 5.69 Å². The van der Waals surface area contributed by atoms with E-state index < -0.39 is 4.92 Å². The maximum Gasteiger partial charge on any atom is 0.270 e.